The van der Waals surface area contributed by atoms with Gasteiger partial charge in [-0.25, -0.2) is 4.79 Å². The molecular weight excluding hydrogens is 222 g/mol. The summed E-state index contributed by atoms with van der Waals surface area (Å²) in [4.78, 5) is 23.0. The highest BCUT2D eigenvalue weighted by molar-refractivity contribution is 5.97. The number of aromatic nitrogens is 2. The van der Waals surface area contributed by atoms with Crippen LogP contribution in [0.1, 0.15) is 37.0 Å². The van der Waals surface area contributed by atoms with E-state index in [2.05, 4.69) is 15.5 Å². The summed E-state index contributed by atoms with van der Waals surface area (Å²) in [7, 11) is 0. The van der Waals surface area contributed by atoms with Crippen molar-refractivity contribution in [2.45, 2.75) is 32.2 Å². The minimum absolute atomic E-state index is 0.299. The SMILES string of the molecule is CCC(CC)(NC(=O)c1ccnnc1)C(=O)O. The molecule has 0 unspecified atom stereocenters. The van der Waals surface area contributed by atoms with E-state index in [4.69, 9.17) is 0 Å². The van der Waals surface area contributed by atoms with Crippen LogP contribution >= 0.6 is 0 Å². The van der Waals surface area contributed by atoms with Gasteiger partial charge < -0.3 is 10.4 Å². The van der Waals surface area contributed by atoms with Crippen molar-refractivity contribution in [1.82, 2.24) is 15.5 Å². The van der Waals surface area contributed by atoms with Gasteiger partial charge in [-0.15, -0.1) is 0 Å². The van der Waals surface area contributed by atoms with Crippen LogP contribution in [0.15, 0.2) is 18.5 Å². The lowest BCUT2D eigenvalue weighted by Crippen LogP contribution is -2.53. The van der Waals surface area contributed by atoms with Crippen molar-refractivity contribution >= 4 is 11.9 Å². The van der Waals surface area contributed by atoms with Crippen LogP contribution < -0.4 is 5.32 Å². The molecule has 6 heteroatoms. The van der Waals surface area contributed by atoms with Gasteiger partial charge in [0.2, 0.25) is 0 Å². The lowest BCUT2D eigenvalue weighted by molar-refractivity contribution is -0.144. The van der Waals surface area contributed by atoms with Gasteiger partial charge in [-0.2, -0.15) is 10.2 Å². The summed E-state index contributed by atoms with van der Waals surface area (Å²) in [5.41, 5.74) is -0.923. The van der Waals surface area contributed by atoms with E-state index in [0.29, 0.717) is 18.4 Å². The summed E-state index contributed by atoms with van der Waals surface area (Å²) in [5, 5.41) is 18.8. The summed E-state index contributed by atoms with van der Waals surface area (Å²) in [6.07, 6.45) is 3.33. The maximum atomic E-state index is 11.8. The highest BCUT2D eigenvalue weighted by atomic mass is 16.4. The molecule has 0 aliphatic carbocycles. The van der Waals surface area contributed by atoms with Gasteiger partial charge in [-0.05, 0) is 18.9 Å². The van der Waals surface area contributed by atoms with Gasteiger partial charge in [0.05, 0.1) is 18.0 Å². The van der Waals surface area contributed by atoms with Crippen molar-refractivity contribution in [3.05, 3.63) is 24.0 Å². The molecule has 0 saturated heterocycles. The zero-order valence-corrected chi connectivity index (χ0v) is 9.80. The van der Waals surface area contributed by atoms with Crippen LogP contribution in [0, 0.1) is 0 Å². The molecule has 1 heterocycles. The lowest BCUT2D eigenvalue weighted by Gasteiger charge is -2.27. The number of carboxylic acids is 1. The van der Waals surface area contributed by atoms with E-state index in [1.54, 1.807) is 13.8 Å². The maximum Gasteiger partial charge on any atom is 0.329 e. The quantitative estimate of drug-likeness (QED) is 0.792. The molecule has 0 atom stereocenters. The predicted octanol–water partition coefficient (Wildman–Crippen LogP) is 0.850. The Kier molecular flexibility index (Phi) is 4.14. The molecule has 0 saturated carbocycles. The second kappa shape index (κ2) is 5.38. The second-order valence-corrected chi connectivity index (χ2v) is 3.68. The molecule has 1 rings (SSSR count). The molecule has 6 nitrogen and oxygen atoms in total. The molecule has 17 heavy (non-hydrogen) atoms. The smallest absolute Gasteiger partial charge is 0.329 e. The molecule has 1 aromatic rings. The molecule has 2 N–H and O–H groups in total. The van der Waals surface area contributed by atoms with Crippen LogP contribution in [0.25, 0.3) is 0 Å². The van der Waals surface area contributed by atoms with Crippen molar-refractivity contribution in [2.75, 3.05) is 0 Å². The molecule has 0 aliphatic heterocycles. The second-order valence-electron chi connectivity index (χ2n) is 3.68. The third kappa shape index (κ3) is 2.77. The lowest BCUT2D eigenvalue weighted by atomic mass is 9.92. The van der Waals surface area contributed by atoms with Gasteiger partial charge in [-0.1, -0.05) is 13.8 Å². The topological polar surface area (TPSA) is 92.2 Å². The Morgan fingerprint density at radius 1 is 1.35 bits per heavy atom. The molecule has 0 aromatic carbocycles. The van der Waals surface area contributed by atoms with Gasteiger partial charge in [-0.3, -0.25) is 4.79 Å². The van der Waals surface area contributed by atoms with Crippen molar-refractivity contribution in [3.63, 3.8) is 0 Å². The molecule has 0 radical (unpaired) electrons. The average Bonchev–Trinajstić information content (AvgIpc) is 2.36. The van der Waals surface area contributed by atoms with Gasteiger partial charge in [0, 0.05) is 0 Å². The van der Waals surface area contributed by atoms with Crippen molar-refractivity contribution < 1.29 is 14.7 Å². The Bertz CT molecular complexity index is 402. The van der Waals surface area contributed by atoms with Crippen molar-refractivity contribution in [2.24, 2.45) is 0 Å². The first-order valence-corrected chi connectivity index (χ1v) is 5.38. The van der Waals surface area contributed by atoms with Gasteiger partial charge in [0.15, 0.2) is 0 Å². The summed E-state index contributed by atoms with van der Waals surface area (Å²) in [6.45, 7) is 3.45. The monoisotopic (exact) mass is 237 g/mol. The van der Waals surface area contributed by atoms with E-state index < -0.39 is 17.4 Å². The fourth-order valence-electron chi connectivity index (χ4n) is 1.50. The molecule has 0 fully saturated rings. The zero-order chi connectivity index (χ0) is 12.9. The first-order valence-electron chi connectivity index (χ1n) is 5.38. The first kappa shape index (κ1) is 13.1. The summed E-state index contributed by atoms with van der Waals surface area (Å²) in [6, 6.07) is 1.49. The number of hydrogen-bond donors (Lipinski definition) is 2. The van der Waals surface area contributed by atoms with E-state index >= 15 is 0 Å². The summed E-state index contributed by atoms with van der Waals surface area (Å²) >= 11 is 0. The van der Waals surface area contributed by atoms with Gasteiger partial charge in [0.25, 0.3) is 5.91 Å². The molecule has 92 valence electrons. The van der Waals surface area contributed by atoms with E-state index in [1.807, 2.05) is 0 Å². The van der Waals surface area contributed by atoms with Crippen LogP contribution in [0.4, 0.5) is 0 Å². The molecular formula is C11H15N3O3. The Balaban J connectivity index is 2.89. The number of carboxylic acid groups (broad SMARTS) is 1. The molecule has 1 aromatic heterocycles. The van der Waals surface area contributed by atoms with Crippen molar-refractivity contribution in [1.29, 1.82) is 0 Å². The highest BCUT2D eigenvalue weighted by Gasteiger charge is 2.36. The number of nitrogens with zero attached hydrogens (tertiary/aromatic N) is 2. The molecule has 0 aliphatic rings. The molecule has 1 amide bonds. The number of carbonyl (C=O) groups is 2. The molecule has 0 spiro atoms. The number of hydrogen-bond acceptors (Lipinski definition) is 4. The Hall–Kier alpha value is -1.98. The van der Waals surface area contributed by atoms with Crippen LogP contribution in [-0.4, -0.2) is 32.7 Å². The zero-order valence-electron chi connectivity index (χ0n) is 9.80. The standard InChI is InChI=1S/C11H15N3O3/c1-3-11(4-2,10(16)17)14-9(15)8-5-6-12-13-7-8/h5-7H,3-4H2,1-2H3,(H,14,15)(H,16,17). The number of aliphatic carboxylic acids is 1. The number of rotatable bonds is 5. The first-order chi connectivity index (χ1) is 8.05. The number of nitrogens with one attached hydrogen (secondary N) is 1. The largest absolute Gasteiger partial charge is 0.480 e. The number of amides is 1. The van der Waals surface area contributed by atoms with Crippen LogP contribution in [0.3, 0.4) is 0 Å². The van der Waals surface area contributed by atoms with Crippen LogP contribution in [0.2, 0.25) is 0 Å². The van der Waals surface area contributed by atoms with E-state index in [1.165, 1.54) is 18.5 Å². The fourth-order valence-corrected chi connectivity index (χ4v) is 1.50. The third-order valence-corrected chi connectivity index (χ3v) is 2.82. The predicted molar refractivity (Wildman–Crippen MR) is 60.4 cm³/mol. The minimum Gasteiger partial charge on any atom is -0.480 e. The molecule has 0 bridgehead atoms. The summed E-state index contributed by atoms with van der Waals surface area (Å²) in [5.74, 6) is -1.48. The van der Waals surface area contributed by atoms with Crippen LogP contribution in [-0.2, 0) is 4.79 Å². The Morgan fingerprint density at radius 3 is 2.41 bits per heavy atom. The van der Waals surface area contributed by atoms with Crippen molar-refractivity contribution in [3.8, 4) is 0 Å². The minimum atomic E-state index is -1.22. The van der Waals surface area contributed by atoms with Gasteiger partial charge in [0.1, 0.15) is 5.54 Å². The van der Waals surface area contributed by atoms with Gasteiger partial charge >= 0.3 is 5.97 Å². The number of carbonyl (C=O) groups excluding carboxylic acids is 1. The maximum absolute atomic E-state index is 11.8. The average molecular weight is 237 g/mol. The van der Waals surface area contributed by atoms with E-state index in [-0.39, 0.29) is 0 Å². The Morgan fingerprint density at radius 2 is 2.00 bits per heavy atom. The Labute approximate surface area is 99.1 Å². The van der Waals surface area contributed by atoms with Crippen LogP contribution in [0.5, 0.6) is 0 Å². The van der Waals surface area contributed by atoms with E-state index in [9.17, 15) is 14.7 Å². The fraction of sp³-hybridized carbons (Fsp3) is 0.455. The van der Waals surface area contributed by atoms with E-state index in [0.717, 1.165) is 0 Å². The highest BCUT2D eigenvalue weighted by Crippen LogP contribution is 2.16. The normalized spacial score (nSPS) is 10.9. The third-order valence-electron chi connectivity index (χ3n) is 2.82. The summed E-state index contributed by atoms with van der Waals surface area (Å²) < 4.78 is 0.